The summed E-state index contributed by atoms with van der Waals surface area (Å²) in [5.74, 6) is 0. The van der Waals surface area contributed by atoms with Gasteiger partial charge in [-0.3, -0.25) is 0 Å². The van der Waals surface area contributed by atoms with Gasteiger partial charge in [0.1, 0.15) is 11.0 Å². The average molecular weight is 720 g/mol. The molecule has 0 spiro atoms. The van der Waals surface area contributed by atoms with Crippen molar-refractivity contribution in [2.24, 2.45) is 0 Å². The highest BCUT2D eigenvalue weighted by atomic mass is 32.1. The molecule has 0 aliphatic rings. The van der Waals surface area contributed by atoms with Crippen molar-refractivity contribution in [1.29, 1.82) is 0 Å². The maximum absolute atomic E-state index is 5.30. The van der Waals surface area contributed by atoms with E-state index in [4.69, 9.17) is 13.7 Å². The van der Waals surface area contributed by atoms with Crippen LogP contribution in [0.25, 0.3) is 110 Å². The molecule has 0 saturated carbocycles. The second-order valence-electron chi connectivity index (χ2n) is 14.1. The number of nitrogens with zero attached hydrogens (tertiary/aromatic N) is 5. The van der Waals surface area contributed by atoms with Crippen LogP contribution in [0.4, 0.5) is 0 Å². The molecule has 55 heavy (non-hydrogen) atoms. The van der Waals surface area contributed by atoms with E-state index in [0.717, 1.165) is 88.5 Å². The predicted molar refractivity (Wildman–Crippen MR) is 230 cm³/mol. The number of hydrogen-bond donors (Lipinski definition) is 0. The lowest BCUT2D eigenvalue weighted by atomic mass is 9.93. The smallest absolute Gasteiger partial charge is 0.114 e. The number of aromatic nitrogens is 5. The summed E-state index contributed by atoms with van der Waals surface area (Å²) in [6.45, 7) is 0. The van der Waals surface area contributed by atoms with Gasteiger partial charge in [-0.1, -0.05) is 121 Å². The van der Waals surface area contributed by atoms with Gasteiger partial charge in [-0.05, 0) is 60.2 Å². The molecule has 256 valence electrons. The van der Waals surface area contributed by atoms with Crippen LogP contribution in [0.1, 0.15) is 0 Å². The molecule has 4 heterocycles. The van der Waals surface area contributed by atoms with E-state index in [9.17, 15) is 0 Å². The third kappa shape index (κ3) is 4.43. The largest absolute Gasteiger partial charge is 0.309 e. The average Bonchev–Trinajstić information content (AvgIpc) is 3.96. The fraction of sp³-hybridized carbons (Fsp3) is 0. The van der Waals surface area contributed by atoms with Gasteiger partial charge in [-0.25, -0.2) is 4.98 Å². The highest BCUT2D eigenvalue weighted by Crippen LogP contribution is 2.43. The van der Waals surface area contributed by atoms with E-state index in [2.05, 4.69) is 185 Å². The Morgan fingerprint density at radius 1 is 0.382 bits per heavy atom. The highest BCUT2D eigenvalue weighted by Gasteiger charge is 2.22. The normalized spacial score (nSPS) is 12.0. The van der Waals surface area contributed by atoms with Crippen LogP contribution in [0.2, 0.25) is 0 Å². The Morgan fingerprint density at radius 3 is 1.42 bits per heavy atom. The minimum absolute atomic E-state index is 0.889. The van der Waals surface area contributed by atoms with E-state index in [0.29, 0.717) is 0 Å². The minimum atomic E-state index is 0.889. The van der Waals surface area contributed by atoms with Crippen LogP contribution in [0.3, 0.4) is 0 Å². The molecule has 0 aliphatic carbocycles. The zero-order valence-corrected chi connectivity index (χ0v) is 30.2. The van der Waals surface area contributed by atoms with E-state index in [1.165, 1.54) is 33.3 Å². The Bertz CT molecular complexity index is 3260. The maximum atomic E-state index is 5.30. The van der Waals surface area contributed by atoms with Gasteiger partial charge in [0.05, 0.1) is 45.0 Å². The quantitative estimate of drug-likeness (QED) is 0.170. The summed E-state index contributed by atoms with van der Waals surface area (Å²) in [6, 6.07) is 63.0. The van der Waals surface area contributed by atoms with E-state index < -0.39 is 0 Å². The Hall–Kier alpha value is -7.15. The lowest BCUT2D eigenvalue weighted by Crippen LogP contribution is -2.00. The van der Waals surface area contributed by atoms with E-state index >= 15 is 0 Å². The fourth-order valence-electron chi connectivity index (χ4n) is 8.81. The Balaban J connectivity index is 1.24. The van der Waals surface area contributed by atoms with Crippen LogP contribution >= 0.6 is 11.7 Å². The molecular formula is C49H29N5S. The number of fused-ring (bicyclic) bond motifs is 11. The van der Waals surface area contributed by atoms with Crippen LogP contribution in [0.5, 0.6) is 0 Å². The summed E-state index contributed by atoms with van der Waals surface area (Å²) in [4.78, 5) is 5.30. The SMILES string of the molecule is c1ccc(-c2nc3ccccc3c3c2cc(-c2cc(-n4c5ccccc5c5ccccc54)cc(-n4c5ccccc5c5ccccc54)c2)c2nsnc23)cc1. The number of rotatable bonds is 4. The van der Waals surface area contributed by atoms with Gasteiger partial charge < -0.3 is 9.13 Å². The summed E-state index contributed by atoms with van der Waals surface area (Å²) in [5, 5.41) is 8.12. The number of benzene rings is 8. The molecule has 0 fully saturated rings. The van der Waals surface area contributed by atoms with Crippen LogP contribution in [-0.2, 0) is 0 Å². The van der Waals surface area contributed by atoms with Crippen molar-refractivity contribution in [3.05, 3.63) is 176 Å². The van der Waals surface area contributed by atoms with E-state index in [-0.39, 0.29) is 0 Å². The molecule has 0 saturated heterocycles. The number of para-hydroxylation sites is 5. The summed E-state index contributed by atoms with van der Waals surface area (Å²) in [7, 11) is 0. The van der Waals surface area contributed by atoms with Crippen LogP contribution < -0.4 is 0 Å². The zero-order valence-electron chi connectivity index (χ0n) is 29.4. The molecule has 0 aliphatic heterocycles. The molecule has 0 N–H and O–H groups in total. The first-order valence-corrected chi connectivity index (χ1v) is 19.2. The fourth-order valence-corrected chi connectivity index (χ4v) is 9.38. The molecule has 0 radical (unpaired) electrons. The van der Waals surface area contributed by atoms with Crippen LogP contribution in [0, 0.1) is 0 Å². The monoisotopic (exact) mass is 719 g/mol. The van der Waals surface area contributed by atoms with Gasteiger partial charge in [0.15, 0.2) is 0 Å². The molecule has 8 aromatic carbocycles. The van der Waals surface area contributed by atoms with Crippen molar-refractivity contribution in [1.82, 2.24) is 22.9 Å². The zero-order chi connectivity index (χ0) is 36.0. The van der Waals surface area contributed by atoms with E-state index in [1.54, 1.807) is 0 Å². The predicted octanol–water partition coefficient (Wildman–Crippen LogP) is 12.9. The molecule has 12 rings (SSSR count). The Kier molecular flexibility index (Phi) is 6.44. The summed E-state index contributed by atoms with van der Waals surface area (Å²) >= 11 is 1.27. The number of hydrogen-bond acceptors (Lipinski definition) is 4. The lowest BCUT2D eigenvalue weighted by molar-refractivity contribution is 1.13. The molecule has 0 bridgehead atoms. The van der Waals surface area contributed by atoms with Crippen LogP contribution in [0.15, 0.2) is 176 Å². The van der Waals surface area contributed by atoms with Crippen molar-refractivity contribution < 1.29 is 0 Å². The Morgan fingerprint density at radius 2 is 0.855 bits per heavy atom. The molecule has 12 aromatic rings. The second kappa shape index (κ2) is 11.7. The van der Waals surface area contributed by atoms with Gasteiger partial charge in [-0.15, -0.1) is 0 Å². The first-order chi connectivity index (χ1) is 27.3. The topological polar surface area (TPSA) is 48.5 Å². The van der Waals surface area contributed by atoms with Gasteiger partial charge in [0.2, 0.25) is 0 Å². The van der Waals surface area contributed by atoms with Crippen molar-refractivity contribution >= 4 is 88.0 Å². The first-order valence-electron chi connectivity index (χ1n) is 18.5. The third-order valence-electron chi connectivity index (χ3n) is 11.1. The molecule has 0 unspecified atom stereocenters. The maximum Gasteiger partial charge on any atom is 0.114 e. The van der Waals surface area contributed by atoms with Gasteiger partial charge in [0, 0.05) is 60.2 Å². The summed E-state index contributed by atoms with van der Waals surface area (Å²) in [5.41, 5.74) is 13.6. The highest BCUT2D eigenvalue weighted by molar-refractivity contribution is 7.00. The van der Waals surface area contributed by atoms with E-state index in [1.807, 2.05) is 0 Å². The molecule has 4 aromatic heterocycles. The van der Waals surface area contributed by atoms with Gasteiger partial charge >= 0.3 is 0 Å². The Labute approximate surface area is 319 Å². The summed E-state index contributed by atoms with van der Waals surface area (Å²) in [6.07, 6.45) is 0. The molecule has 0 atom stereocenters. The van der Waals surface area contributed by atoms with Crippen molar-refractivity contribution in [2.45, 2.75) is 0 Å². The lowest BCUT2D eigenvalue weighted by Gasteiger charge is -2.17. The standard InChI is InChI=1S/C49H29N5S/c1-2-14-30(15-3-1)47-40-29-39(48-49(52-55-51-48)46(40)38-20-4-9-21-41(38)50-47)31-26-32(53-42-22-10-5-16-34(42)35-17-6-11-23-43(35)53)28-33(27-31)54-44-24-12-7-18-36(44)37-19-8-13-25-45(37)54/h1-29H. The minimum Gasteiger partial charge on any atom is -0.309 e. The van der Waals surface area contributed by atoms with Crippen LogP contribution in [-0.4, -0.2) is 22.9 Å². The van der Waals surface area contributed by atoms with Gasteiger partial charge in [-0.2, -0.15) is 8.75 Å². The molecule has 0 amide bonds. The number of pyridine rings is 1. The molecule has 5 nitrogen and oxygen atoms in total. The van der Waals surface area contributed by atoms with Crippen molar-refractivity contribution in [3.63, 3.8) is 0 Å². The molecule has 6 heteroatoms. The van der Waals surface area contributed by atoms with Crippen molar-refractivity contribution in [3.8, 4) is 33.8 Å². The first kappa shape index (κ1) is 30.3. The van der Waals surface area contributed by atoms with Crippen molar-refractivity contribution in [2.75, 3.05) is 0 Å². The molecular weight excluding hydrogens is 691 g/mol. The summed E-state index contributed by atoms with van der Waals surface area (Å²) < 4.78 is 14.9. The second-order valence-corrected chi connectivity index (χ2v) is 14.7. The third-order valence-corrected chi connectivity index (χ3v) is 11.7. The van der Waals surface area contributed by atoms with Gasteiger partial charge in [0.25, 0.3) is 0 Å².